The molecule has 2 aliphatic rings. The number of benzene rings is 1. The summed E-state index contributed by atoms with van der Waals surface area (Å²) in [5, 5.41) is 5.18. The van der Waals surface area contributed by atoms with Gasteiger partial charge in [-0.3, -0.25) is 0 Å². The van der Waals surface area contributed by atoms with E-state index in [0.717, 1.165) is 16.6 Å². The van der Waals surface area contributed by atoms with Crippen LogP contribution >= 0.6 is 23.2 Å². The van der Waals surface area contributed by atoms with Crippen molar-refractivity contribution in [3.05, 3.63) is 33.8 Å². The fourth-order valence-electron chi connectivity index (χ4n) is 4.14. The van der Waals surface area contributed by atoms with E-state index in [0.29, 0.717) is 11.5 Å². The fraction of sp³-hybridized carbons (Fsp3) is 0.647. The summed E-state index contributed by atoms with van der Waals surface area (Å²) in [7, 11) is 0. The lowest BCUT2D eigenvalue weighted by molar-refractivity contribution is -0.0488. The lowest BCUT2D eigenvalue weighted by Crippen LogP contribution is -2.58. The van der Waals surface area contributed by atoms with Gasteiger partial charge in [-0.2, -0.15) is 0 Å². The Hall–Kier alpha value is -0.240. The van der Waals surface area contributed by atoms with Crippen molar-refractivity contribution in [2.75, 3.05) is 6.54 Å². The molecule has 0 bridgehead atoms. The van der Waals surface area contributed by atoms with Gasteiger partial charge in [0, 0.05) is 28.0 Å². The number of halogens is 2. The molecule has 1 spiro atoms. The minimum Gasteiger partial charge on any atom is -0.314 e. The molecule has 1 aromatic carbocycles. The van der Waals surface area contributed by atoms with E-state index >= 15 is 0 Å². The third-order valence-corrected chi connectivity index (χ3v) is 5.74. The largest absolute Gasteiger partial charge is 0.314 e. The van der Waals surface area contributed by atoms with Crippen LogP contribution in [0.3, 0.4) is 0 Å². The molecule has 0 atom stereocenters. The van der Waals surface area contributed by atoms with Crippen LogP contribution < -0.4 is 5.32 Å². The molecule has 2 saturated carbocycles. The van der Waals surface area contributed by atoms with E-state index in [2.05, 4.69) is 25.2 Å². The molecule has 1 nitrogen and oxygen atoms in total. The highest BCUT2D eigenvalue weighted by atomic mass is 35.5. The van der Waals surface area contributed by atoms with Crippen LogP contribution in [-0.2, 0) is 5.41 Å². The topological polar surface area (TPSA) is 12.0 Å². The molecule has 0 saturated heterocycles. The van der Waals surface area contributed by atoms with E-state index in [1.165, 1.54) is 37.7 Å². The Kier molecular flexibility index (Phi) is 3.81. The first-order valence-corrected chi connectivity index (χ1v) is 8.39. The van der Waals surface area contributed by atoms with Crippen LogP contribution in [0.2, 0.25) is 10.0 Å². The van der Waals surface area contributed by atoms with Gasteiger partial charge in [-0.1, -0.05) is 49.5 Å². The van der Waals surface area contributed by atoms with E-state index in [9.17, 15) is 0 Å². The Morgan fingerprint density at radius 2 is 1.90 bits per heavy atom. The summed E-state index contributed by atoms with van der Waals surface area (Å²) in [6.07, 6.45) is 6.77. The summed E-state index contributed by atoms with van der Waals surface area (Å²) in [5.41, 5.74) is 2.13. The van der Waals surface area contributed by atoms with Crippen molar-refractivity contribution in [1.29, 1.82) is 0 Å². The van der Waals surface area contributed by atoms with Crippen LogP contribution in [-0.4, -0.2) is 12.6 Å². The maximum absolute atomic E-state index is 6.48. The molecule has 0 amide bonds. The first-order valence-electron chi connectivity index (χ1n) is 7.64. The van der Waals surface area contributed by atoms with Crippen LogP contribution in [0.15, 0.2) is 18.2 Å². The minimum absolute atomic E-state index is 0.215. The minimum atomic E-state index is 0.215. The van der Waals surface area contributed by atoms with Crippen molar-refractivity contribution in [2.24, 2.45) is 5.41 Å². The molecule has 0 aliphatic heterocycles. The molecule has 110 valence electrons. The summed E-state index contributed by atoms with van der Waals surface area (Å²) in [6, 6.07) is 6.52. The standard InChI is InChI=1S/C17H23Cl2N/c1-12(2)20-11-17(9-16(10-17)6-3-7-16)14-5-4-13(18)8-15(14)19/h4-5,8,12,20H,3,6-7,9-11H2,1-2H3. The molecule has 20 heavy (non-hydrogen) atoms. The van der Waals surface area contributed by atoms with E-state index in [1.807, 2.05) is 12.1 Å². The van der Waals surface area contributed by atoms with E-state index in [1.54, 1.807) is 0 Å². The summed E-state index contributed by atoms with van der Waals surface area (Å²) in [4.78, 5) is 0. The average molecular weight is 312 g/mol. The van der Waals surface area contributed by atoms with Gasteiger partial charge >= 0.3 is 0 Å². The monoisotopic (exact) mass is 311 g/mol. The molecule has 3 rings (SSSR count). The maximum atomic E-state index is 6.48. The number of hydrogen-bond donors (Lipinski definition) is 1. The lowest BCUT2D eigenvalue weighted by atomic mass is 9.43. The highest BCUT2D eigenvalue weighted by molar-refractivity contribution is 6.35. The molecular formula is C17H23Cl2N. The molecule has 0 radical (unpaired) electrons. The van der Waals surface area contributed by atoms with Crippen molar-refractivity contribution in [2.45, 2.75) is 57.4 Å². The van der Waals surface area contributed by atoms with Crippen LogP contribution in [0.5, 0.6) is 0 Å². The van der Waals surface area contributed by atoms with E-state index in [-0.39, 0.29) is 5.41 Å². The van der Waals surface area contributed by atoms with Crippen molar-refractivity contribution >= 4 is 23.2 Å². The second-order valence-corrected chi connectivity index (χ2v) is 7.99. The van der Waals surface area contributed by atoms with Crippen molar-refractivity contribution in [1.82, 2.24) is 5.32 Å². The Bertz CT molecular complexity index is 498. The molecule has 2 aliphatic carbocycles. The molecule has 3 heteroatoms. The van der Waals surface area contributed by atoms with Crippen LogP contribution in [0.1, 0.15) is 51.5 Å². The normalized spacial score (nSPS) is 22.6. The zero-order valence-electron chi connectivity index (χ0n) is 12.3. The van der Waals surface area contributed by atoms with E-state index in [4.69, 9.17) is 23.2 Å². The van der Waals surface area contributed by atoms with Crippen molar-refractivity contribution in [3.8, 4) is 0 Å². The average Bonchev–Trinajstić information content (AvgIpc) is 2.27. The van der Waals surface area contributed by atoms with Crippen LogP contribution in [0, 0.1) is 5.41 Å². The second kappa shape index (κ2) is 5.19. The molecule has 0 aromatic heterocycles. The first kappa shape index (κ1) is 14.7. The fourth-order valence-corrected chi connectivity index (χ4v) is 4.75. The summed E-state index contributed by atoms with van der Waals surface area (Å²) < 4.78 is 0. The SMILES string of the molecule is CC(C)NCC1(c2ccc(Cl)cc2Cl)CC2(CCC2)C1. The quantitative estimate of drug-likeness (QED) is 0.806. The maximum Gasteiger partial charge on any atom is 0.0458 e. The van der Waals surface area contributed by atoms with Gasteiger partial charge in [-0.25, -0.2) is 0 Å². The molecule has 1 N–H and O–H groups in total. The van der Waals surface area contributed by atoms with Crippen LogP contribution in [0.25, 0.3) is 0 Å². The highest BCUT2D eigenvalue weighted by Gasteiger charge is 2.57. The molecule has 0 unspecified atom stereocenters. The van der Waals surface area contributed by atoms with Gasteiger partial charge < -0.3 is 5.32 Å². The Morgan fingerprint density at radius 3 is 2.40 bits per heavy atom. The van der Waals surface area contributed by atoms with Crippen LogP contribution in [0.4, 0.5) is 0 Å². The first-order chi connectivity index (χ1) is 9.45. The zero-order valence-corrected chi connectivity index (χ0v) is 13.8. The smallest absolute Gasteiger partial charge is 0.0458 e. The van der Waals surface area contributed by atoms with Gasteiger partial charge in [-0.15, -0.1) is 0 Å². The molecule has 0 heterocycles. The van der Waals surface area contributed by atoms with E-state index < -0.39 is 0 Å². The Morgan fingerprint density at radius 1 is 1.20 bits per heavy atom. The van der Waals surface area contributed by atoms with Gasteiger partial charge in [0.1, 0.15) is 0 Å². The van der Waals surface area contributed by atoms with Gasteiger partial charge in [0.2, 0.25) is 0 Å². The summed E-state index contributed by atoms with van der Waals surface area (Å²) >= 11 is 12.5. The third kappa shape index (κ3) is 2.49. The second-order valence-electron chi connectivity index (χ2n) is 7.15. The zero-order chi connectivity index (χ0) is 14.4. The molecule has 1 aromatic rings. The highest BCUT2D eigenvalue weighted by Crippen LogP contribution is 2.65. The van der Waals surface area contributed by atoms with Crippen molar-refractivity contribution in [3.63, 3.8) is 0 Å². The number of nitrogens with one attached hydrogen (secondary N) is 1. The predicted molar refractivity (Wildman–Crippen MR) is 86.8 cm³/mol. The third-order valence-electron chi connectivity index (χ3n) is 5.19. The number of hydrogen-bond acceptors (Lipinski definition) is 1. The Labute approximate surface area is 132 Å². The molecule has 2 fully saturated rings. The molecular weight excluding hydrogens is 289 g/mol. The summed E-state index contributed by atoms with van der Waals surface area (Å²) in [5.74, 6) is 0. The van der Waals surface area contributed by atoms with Gasteiger partial charge in [0.05, 0.1) is 0 Å². The van der Waals surface area contributed by atoms with Gasteiger partial charge in [-0.05, 0) is 48.8 Å². The summed E-state index contributed by atoms with van der Waals surface area (Å²) in [6.45, 7) is 5.43. The number of rotatable bonds is 4. The van der Waals surface area contributed by atoms with Gasteiger partial charge in [0.25, 0.3) is 0 Å². The Balaban J connectivity index is 1.85. The van der Waals surface area contributed by atoms with Crippen molar-refractivity contribution < 1.29 is 0 Å². The predicted octanol–water partition coefficient (Wildman–Crippen LogP) is 5.19. The van der Waals surface area contributed by atoms with Gasteiger partial charge in [0.15, 0.2) is 0 Å². The lowest BCUT2D eigenvalue weighted by Gasteiger charge is -2.62.